The molecule has 1 aromatic rings. The highest BCUT2D eigenvalue weighted by atomic mass is 32.2. The van der Waals surface area contributed by atoms with Gasteiger partial charge in [-0.15, -0.1) is 0 Å². The molecule has 0 amide bonds. The highest BCUT2D eigenvalue weighted by Crippen LogP contribution is 2.16. The lowest BCUT2D eigenvalue weighted by molar-refractivity contribution is 0.138. The zero-order valence-corrected chi connectivity index (χ0v) is 13.2. The molecule has 0 aliphatic rings. The smallest absolute Gasteiger partial charge is 0.260 e. The topological polar surface area (TPSA) is 87.3 Å². The summed E-state index contributed by atoms with van der Waals surface area (Å²) in [7, 11) is -2.01. The van der Waals surface area contributed by atoms with Crippen molar-refractivity contribution in [1.82, 2.24) is 19.8 Å². The Kier molecular flexibility index (Phi) is 7.14. The van der Waals surface area contributed by atoms with Crippen molar-refractivity contribution < 1.29 is 13.2 Å². The van der Waals surface area contributed by atoms with Gasteiger partial charge in [0, 0.05) is 32.3 Å². The Balaban J connectivity index is 2.74. The Bertz CT molecular complexity index is 487. The normalized spacial score (nSPS) is 12.2. The van der Waals surface area contributed by atoms with Gasteiger partial charge in [0.05, 0.1) is 12.8 Å². The van der Waals surface area contributed by atoms with Crippen LogP contribution in [0.2, 0.25) is 0 Å². The van der Waals surface area contributed by atoms with Crippen LogP contribution in [0.15, 0.2) is 11.2 Å². The number of hydrogen-bond donors (Lipinski definition) is 2. The summed E-state index contributed by atoms with van der Waals surface area (Å²) in [6.07, 6.45) is 2.54. The van der Waals surface area contributed by atoms with Gasteiger partial charge in [0.25, 0.3) is 10.0 Å². The predicted octanol–water partition coefficient (Wildman–Crippen LogP) is 0.566. The van der Waals surface area contributed by atoms with E-state index < -0.39 is 10.0 Å². The van der Waals surface area contributed by atoms with E-state index in [0.717, 1.165) is 13.0 Å². The minimum atomic E-state index is -3.55. The molecule has 8 heteroatoms. The molecule has 0 saturated carbocycles. The number of rotatable bonds is 10. The molecule has 0 aliphatic carbocycles. The average Bonchev–Trinajstić information content (AvgIpc) is 2.88. The molecule has 0 aliphatic heterocycles. The van der Waals surface area contributed by atoms with Gasteiger partial charge in [0.2, 0.25) is 0 Å². The van der Waals surface area contributed by atoms with Crippen LogP contribution in [0.25, 0.3) is 0 Å². The summed E-state index contributed by atoms with van der Waals surface area (Å²) < 4.78 is 31.3. The minimum Gasteiger partial charge on any atom is -0.380 e. The minimum absolute atomic E-state index is 0.153. The van der Waals surface area contributed by atoms with Gasteiger partial charge in [0.1, 0.15) is 0 Å². The predicted molar refractivity (Wildman–Crippen MR) is 76.9 cm³/mol. The van der Waals surface area contributed by atoms with E-state index in [0.29, 0.717) is 31.9 Å². The van der Waals surface area contributed by atoms with Crippen LogP contribution in [0.3, 0.4) is 0 Å². The van der Waals surface area contributed by atoms with Gasteiger partial charge in [-0.25, -0.2) is 8.42 Å². The van der Waals surface area contributed by atoms with E-state index in [1.165, 1.54) is 4.31 Å². The summed E-state index contributed by atoms with van der Waals surface area (Å²) in [5.41, 5.74) is 0.654. The number of nitrogens with one attached hydrogen (secondary N) is 2. The molecular formula is C12H24N4O3S. The van der Waals surface area contributed by atoms with E-state index in [9.17, 15) is 8.42 Å². The van der Waals surface area contributed by atoms with Crippen LogP contribution in [-0.4, -0.2) is 56.3 Å². The van der Waals surface area contributed by atoms with E-state index in [2.05, 4.69) is 22.4 Å². The highest BCUT2D eigenvalue weighted by Gasteiger charge is 2.25. The Hall–Kier alpha value is -0.960. The van der Waals surface area contributed by atoms with Gasteiger partial charge in [-0.3, -0.25) is 5.10 Å². The van der Waals surface area contributed by atoms with Crippen LogP contribution in [0.5, 0.6) is 0 Å². The molecule has 2 N–H and O–H groups in total. The van der Waals surface area contributed by atoms with E-state index in [4.69, 9.17) is 4.74 Å². The van der Waals surface area contributed by atoms with Crippen LogP contribution in [0.4, 0.5) is 0 Å². The fourth-order valence-corrected chi connectivity index (χ4v) is 2.91. The number of aromatic nitrogens is 2. The molecule has 0 aromatic carbocycles. The summed E-state index contributed by atoms with van der Waals surface area (Å²) >= 11 is 0. The second-order valence-electron chi connectivity index (χ2n) is 4.42. The lowest BCUT2D eigenvalue weighted by Gasteiger charge is -2.16. The summed E-state index contributed by atoms with van der Waals surface area (Å²) in [5, 5.41) is 9.75. The number of likely N-dealkylation sites (N-methyl/N-ethyl adjacent to an activating group) is 1. The first-order chi connectivity index (χ1) is 9.54. The van der Waals surface area contributed by atoms with E-state index in [1.807, 2.05) is 6.92 Å². The van der Waals surface area contributed by atoms with Crippen LogP contribution >= 0.6 is 0 Å². The van der Waals surface area contributed by atoms with Crippen LogP contribution in [-0.2, 0) is 21.3 Å². The first kappa shape index (κ1) is 17.1. The van der Waals surface area contributed by atoms with Gasteiger partial charge in [-0.1, -0.05) is 6.92 Å². The maximum Gasteiger partial charge on any atom is 0.260 e. The average molecular weight is 304 g/mol. The Labute approximate surface area is 120 Å². The van der Waals surface area contributed by atoms with Crippen LogP contribution < -0.4 is 5.32 Å². The third kappa shape index (κ3) is 4.55. The summed E-state index contributed by atoms with van der Waals surface area (Å²) in [6, 6.07) is 0. The zero-order chi connectivity index (χ0) is 15.0. The van der Waals surface area contributed by atoms with Crippen molar-refractivity contribution in [1.29, 1.82) is 0 Å². The van der Waals surface area contributed by atoms with Crippen molar-refractivity contribution in [2.45, 2.75) is 31.8 Å². The molecule has 0 fully saturated rings. The number of aromatic amines is 1. The second-order valence-corrected chi connectivity index (χ2v) is 6.41. The number of ether oxygens (including phenoxy) is 1. The Morgan fingerprint density at radius 3 is 2.85 bits per heavy atom. The zero-order valence-electron chi connectivity index (χ0n) is 12.3. The Morgan fingerprint density at radius 2 is 2.20 bits per heavy atom. The summed E-state index contributed by atoms with van der Waals surface area (Å²) in [4.78, 5) is 0. The molecule has 1 heterocycles. The van der Waals surface area contributed by atoms with Gasteiger partial charge in [-0.05, 0) is 19.9 Å². The van der Waals surface area contributed by atoms with Crippen LogP contribution in [0.1, 0.15) is 25.8 Å². The summed E-state index contributed by atoms with van der Waals surface area (Å²) in [6.45, 7) is 6.52. The Morgan fingerprint density at radius 1 is 1.45 bits per heavy atom. The molecule has 1 aromatic heterocycles. The van der Waals surface area contributed by atoms with Gasteiger partial charge in [-0.2, -0.15) is 9.40 Å². The molecular weight excluding hydrogens is 280 g/mol. The molecule has 0 atom stereocenters. The molecule has 7 nitrogen and oxygen atoms in total. The largest absolute Gasteiger partial charge is 0.380 e. The maximum absolute atomic E-state index is 12.4. The molecule has 0 radical (unpaired) electrons. The molecule has 0 spiro atoms. The van der Waals surface area contributed by atoms with Crippen molar-refractivity contribution in [2.24, 2.45) is 0 Å². The van der Waals surface area contributed by atoms with Crippen LogP contribution in [0, 0.1) is 0 Å². The fourth-order valence-electron chi connectivity index (χ4n) is 1.66. The highest BCUT2D eigenvalue weighted by molar-refractivity contribution is 7.89. The van der Waals surface area contributed by atoms with E-state index >= 15 is 0 Å². The SMILES string of the molecule is CCCNCc1cn[nH]c1S(=O)(=O)N(C)CCOCC. The summed E-state index contributed by atoms with van der Waals surface area (Å²) in [5.74, 6) is 0. The maximum atomic E-state index is 12.4. The lowest BCUT2D eigenvalue weighted by atomic mass is 10.3. The lowest BCUT2D eigenvalue weighted by Crippen LogP contribution is -2.31. The van der Waals surface area contributed by atoms with Crippen molar-refractivity contribution in [3.8, 4) is 0 Å². The third-order valence-corrected chi connectivity index (χ3v) is 4.72. The number of H-pyrrole nitrogens is 1. The van der Waals surface area contributed by atoms with E-state index in [1.54, 1.807) is 13.2 Å². The standard InChI is InChI=1S/C12H24N4O3S/c1-4-6-13-9-11-10-14-15-12(11)20(17,18)16(3)7-8-19-5-2/h10,13H,4-9H2,1-3H3,(H,14,15). The monoisotopic (exact) mass is 304 g/mol. The molecule has 1 rings (SSSR count). The van der Waals surface area contributed by atoms with Crippen molar-refractivity contribution in [3.05, 3.63) is 11.8 Å². The van der Waals surface area contributed by atoms with Gasteiger partial charge in [0.15, 0.2) is 5.03 Å². The van der Waals surface area contributed by atoms with Gasteiger partial charge < -0.3 is 10.1 Å². The number of nitrogens with zero attached hydrogens (tertiary/aromatic N) is 2. The first-order valence-electron chi connectivity index (χ1n) is 6.81. The van der Waals surface area contributed by atoms with Gasteiger partial charge >= 0.3 is 0 Å². The number of hydrogen-bond acceptors (Lipinski definition) is 5. The number of sulfonamides is 1. The molecule has 116 valence electrons. The third-order valence-electron chi connectivity index (χ3n) is 2.84. The quantitative estimate of drug-likeness (QED) is 0.617. The van der Waals surface area contributed by atoms with E-state index in [-0.39, 0.29) is 5.03 Å². The molecule has 0 unspecified atom stereocenters. The molecule has 20 heavy (non-hydrogen) atoms. The van der Waals surface area contributed by atoms with Crippen molar-refractivity contribution in [3.63, 3.8) is 0 Å². The first-order valence-corrected chi connectivity index (χ1v) is 8.25. The van der Waals surface area contributed by atoms with Crippen molar-refractivity contribution in [2.75, 3.05) is 33.4 Å². The molecule has 0 saturated heterocycles. The fraction of sp³-hybridized carbons (Fsp3) is 0.750. The molecule has 0 bridgehead atoms. The van der Waals surface area contributed by atoms with Crippen molar-refractivity contribution >= 4 is 10.0 Å². The second kappa shape index (κ2) is 8.35.